The molecule has 2 aromatic carbocycles. The Labute approximate surface area is 163 Å². The minimum Gasteiger partial charge on any atom is -0.497 e. The molecule has 8 nitrogen and oxygen atoms in total. The van der Waals surface area contributed by atoms with Crippen LogP contribution >= 0.6 is 0 Å². The van der Waals surface area contributed by atoms with Crippen LogP contribution in [-0.4, -0.2) is 34.5 Å². The summed E-state index contributed by atoms with van der Waals surface area (Å²) in [5.41, 5.74) is 0.643. The molecule has 0 saturated heterocycles. The molecule has 0 aliphatic heterocycles. The van der Waals surface area contributed by atoms with Crippen LogP contribution in [0.25, 0.3) is 0 Å². The first-order valence-corrected chi connectivity index (χ1v) is 9.84. The number of sulfonamides is 1. The Morgan fingerprint density at radius 1 is 1.00 bits per heavy atom. The fourth-order valence-corrected chi connectivity index (χ4v) is 3.57. The highest BCUT2D eigenvalue weighted by Gasteiger charge is 2.22. The molecule has 2 rings (SSSR count). The molecule has 0 spiro atoms. The number of benzene rings is 2. The Bertz CT molecular complexity index is 941. The normalized spacial score (nSPS) is 12.0. The number of methoxy groups -OCH3 is 2. The zero-order chi connectivity index (χ0) is 20.7. The zero-order valence-electron chi connectivity index (χ0n) is 15.8. The highest BCUT2D eigenvalue weighted by molar-refractivity contribution is 7.90. The van der Waals surface area contributed by atoms with E-state index in [9.17, 15) is 18.0 Å². The SMILES string of the molecule is COc1ccc(C(CC(=O)NS(=O)(=O)c2cccc(OC)c2)NC(C)=O)cc1. The fourth-order valence-electron chi connectivity index (χ4n) is 2.54. The third kappa shape index (κ3) is 5.71. The number of hydrogen-bond donors (Lipinski definition) is 2. The van der Waals surface area contributed by atoms with E-state index >= 15 is 0 Å². The molecular weight excluding hydrogens is 384 g/mol. The predicted octanol–water partition coefficient (Wildman–Crippen LogP) is 1.78. The van der Waals surface area contributed by atoms with E-state index in [1.807, 2.05) is 4.72 Å². The van der Waals surface area contributed by atoms with Gasteiger partial charge in [0.15, 0.2) is 0 Å². The molecule has 0 aliphatic rings. The minimum absolute atomic E-state index is 0.0966. The monoisotopic (exact) mass is 406 g/mol. The van der Waals surface area contributed by atoms with Crippen molar-refractivity contribution in [3.63, 3.8) is 0 Å². The van der Waals surface area contributed by atoms with Gasteiger partial charge < -0.3 is 14.8 Å². The summed E-state index contributed by atoms with van der Waals surface area (Å²) in [6, 6.07) is 11.9. The van der Waals surface area contributed by atoms with Gasteiger partial charge in [0.1, 0.15) is 11.5 Å². The summed E-state index contributed by atoms with van der Waals surface area (Å²) >= 11 is 0. The van der Waals surface area contributed by atoms with Crippen LogP contribution in [0.3, 0.4) is 0 Å². The molecule has 2 aromatic rings. The van der Waals surface area contributed by atoms with Crippen LogP contribution in [0.15, 0.2) is 53.4 Å². The third-order valence-electron chi connectivity index (χ3n) is 3.88. The number of hydrogen-bond acceptors (Lipinski definition) is 6. The molecule has 0 bridgehead atoms. The van der Waals surface area contributed by atoms with Crippen molar-refractivity contribution in [3.8, 4) is 11.5 Å². The average molecular weight is 406 g/mol. The summed E-state index contributed by atoms with van der Waals surface area (Å²) in [5, 5.41) is 2.65. The van der Waals surface area contributed by atoms with Crippen LogP contribution in [0.1, 0.15) is 24.9 Å². The maximum absolute atomic E-state index is 12.4. The molecule has 1 unspecified atom stereocenters. The standard InChI is InChI=1S/C19H22N2O6S/c1-13(22)20-18(14-7-9-15(26-2)10-8-14)12-19(23)21-28(24,25)17-6-4-5-16(11-17)27-3/h4-11,18H,12H2,1-3H3,(H,20,22)(H,21,23). The second-order valence-electron chi connectivity index (χ2n) is 5.94. The van der Waals surface area contributed by atoms with Crippen LogP contribution in [0.2, 0.25) is 0 Å². The van der Waals surface area contributed by atoms with E-state index < -0.39 is 22.0 Å². The molecule has 150 valence electrons. The van der Waals surface area contributed by atoms with Crippen molar-refractivity contribution in [3.05, 3.63) is 54.1 Å². The minimum atomic E-state index is -4.07. The van der Waals surface area contributed by atoms with Gasteiger partial charge in [0.25, 0.3) is 10.0 Å². The lowest BCUT2D eigenvalue weighted by atomic mass is 10.0. The van der Waals surface area contributed by atoms with Gasteiger partial charge in [-0.3, -0.25) is 9.59 Å². The van der Waals surface area contributed by atoms with Crippen molar-refractivity contribution in [2.24, 2.45) is 0 Å². The second kappa shape index (κ2) is 9.23. The van der Waals surface area contributed by atoms with Gasteiger partial charge >= 0.3 is 0 Å². The van der Waals surface area contributed by atoms with E-state index in [4.69, 9.17) is 9.47 Å². The van der Waals surface area contributed by atoms with Gasteiger partial charge in [-0.05, 0) is 29.8 Å². The van der Waals surface area contributed by atoms with Crippen molar-refractivity contribution >= 4 is 21.8 Å². The molecule has 0 aromatic heterocycles. The zero-order valence-corrected chi connectivity index (χ0v) is 16.6. The Hall–Kier alpha value is -3.07. The Balaban J connectivity index is 2.16. The Morgan fingerprint density at radius 2 is 1.64 bits per heavy atom. The molecule has 1 atom stereocenters. The van der Waals surface area contributed by atoms with E-state index in [2.05, 4.69) is 5.32 Å². The molecule has 28 heavy (non-hydrogen) atoms. The van der Waals surface area contributed by atoms with Gasteiger partial charge in [0.2, 0.25) is 11.8 Å². The van der Waals surface area contributed by atoms with Crippen molar-refractivity contribution in [1.82, 2.24) is 10.0 Å². The molecule has 0 heterocycles. The van der Waals surface area contributed by atoms with Crippen LogP contribution in [0.5, 0.6) is 11.5 Å². The maximum atomic E-state index is 12.4. The number of carbonyl (C=O) groups excluding carboxylic acids is 2. The van der Waals surface area contributed by atoms with E-state index in [0.29, 0.717) is 17.1 Å². The quantitative estimate of drug-likeness (QED) is 0.691. The van der Waals surface area contributed by atoms with E-state index in [-0.39, 0.29) is 17.2 Å². The van der Waals surface area contributed by atoms with Crippen molar-refractivity contribution in [2.45, 2.75) is 24.3 Å². The van der Waals surface area contributed by atoms with Gasteiger partial charge in [-0.1, -0.05) is 18.2 Å². The smallest absolute Gasteiger partial charge is 0.264 e. The molecule has 0 saturated carbocycles. The third-order valence-corrected chi connectivity index (χ3v) is 5.26. The summed E-state index contributed by atoms with van der Waals surface area (Å²) in [6.45, 7) is 1.32. The Morgan fingerprint density at radius 3 is 2.21 bits per heavy atom. The van der Waals surface area contributed by atoms with Gasteiger partial charge in [-0.25, -0.2) is 13.1 Å². The van der Waals surface area contributed by atoms with Gasteiger partial charge in [-0.2, -0.15) is 0 Å². The average Bonchev–Trinajstić information content (AvgIpc) is 2.66. The summed E-state index contributed by atoms with van der Waals surface area (Å²) in [5.74, 6) is -0.123. The first-order chi connectivity index (χ1) is 13.2. The fraction of sp³-hybridized carbons (Fsp3) is 0.263. The molecule has 2 amide bonds. The number of nitrogens with one attached hydrogen (secondary N) is 2. The maximum Gasteiger partial charge on any atom is 0.264 e. The van der Waals surface area contributed by atoms with E-state index in [1.165, 1.54) is 39.3 Å². The van der Waals surface area contributed by atoms with Gasteiger partial charge in [-0.15, -0.1) is 0 Å². The molecule has 0 aliphatic carbocycles. The summed E-state index contributed by atoms with van der Waals surface area (Å²) in [6.07, 6.45) is -0.255. The first kappa shape index (κ1) is 21.2. The van der Waals surface area contributed by atoms with E-state index in [1.54, 1.807) is 30.3 Å². The largest absolute Gasteiger partial charge is 0.497 e. The molecular formula is C19H22N2O6S. The van der Waals surface area contributed by atoms with Crippen molar-refractivity contribution in [1.29, 1.82) is 0 Å². The molecule has 9 heteroatoms. The lowest BCUT2D eigenvalue weighted by Crippen LogP contribution is -2.35. The van der Waals surface area contributed by atoms with Gasteiger partial charge in [0.05, 0.1) is 31.6 Å². The Kier molecular flexibility index (Phi) is 7.00. The summed E-state index contributed by atoms with van der Waals surface area (Å²) in [4.78, 5) is 23.8. The predicted molar refractivity (Wildman–Crippen MR) is 102 cm³/mol. The lowest BCUT2D eigenvalue weighted by molar-refractivity contribution is -0.121. The molecule has 0 radical (unpaired) electrons. The summed E-state index contributed by atoms with van der Waals surface area (Å²) in [7, 11) is -1.13. The highest BCUT2D eigenvalue weighted by atomic mass is 32.2. The highest BCUT2D eigenvalue weighted by Crippen LogP contribution is 2.21. The topological polar surface area (TPSA) is 111 Å². The van der Waals surface area contributed by atoms with E-state index in [0.717, 1.165) is 0 Å². The molecule has 0 fully saturated rings. The van der Waals surface area contributed by atoms with Gasteiger partial charge in [0, 0.05) is 13.0 Å². The van der Waals surface area contributed by atoms with Crippen LogP contribution in [0.4, 0.5) is 0 Å². The molecule has 2 N–H and O–H groups in total. The first-order valence-electron chi connectivity index (χ1n) is 8.36. The summed E-state index contributed by atoms with van der Waals surface area (Å²) < 4.78 is 37.0. The second-order valence-corrected chi connectivity index (χ2v) is 7.62. The number of amides is 2. The van der Waals surface area contributed by atoms with Crippen LogP contribution < -0.4 is 19.5 Å². The number of rotatable bonds is 8. The van der Waals surface area contributed by atoms with Crippen molar-refractivity contribution < 1.29 is 27.5 Å². The van der Waals surface area contributed by atoms with Crippen LogP contribution in [0, 0.1) is 0 Å². The van der Waals surface area contributed by atoms with Crippen LogP contribution in [-0.2, 0) is 19.6 Å². The number of carbonyl (C=O) groups is 2. The number of ether oxygens (including phenoxy) is 2. The lowest BCUT2D eigenvalue weighted by Gasteiger charge is -2.18. The van der Waals surface area contributed by atoms with Crippen molar-refractivity contribution in [2.75, 3.05) is 14.2 Å².